The Kier molecular flexibility index (Phi) is 5.45. The van der Waals surface area contributed by atoms with Crippen LogP contribution in [0, 0.1) is 12.7 Å². The van der Waals surface area contributed by atoms with Crippen LogP contribution in [0.25, 0.3) is 22.4 Å². The van der Waals surface area contributed by atoms with Crippen molar-refractivity contribution in [3.63, 3.8) is 0 Å². The van der Waals surface area contributed by atoms with E-state index in [1.54, 1.807) is 32.4 Å². The standard InChI is InChI=1S/C21H23FN6O2/c1-12-7-18(22)16(21(30)26-14-3-4-14)9-15(12)13-8-17(19-11-25-28(2)27-19)20(24-10-13)23-5-6-29/h7-11,14,29H,3-6H2,1-2H3,(H,23,24)(H,26,30). The Morgan fingerprint density at radius 3 is 2.73 bits per heavy atom. The van der Waals surface area contributed by atoms with Gasteiger partial charge in [-0.15, -0.1) is 0 Å². The van der Waals surface area contributed by atoms with Gasteiger partial charge in [-0.3, -0.25) is 4.79 Å². The second-order valence-corrected chi connectivity index (χ2v) is 7.38. The van der Waals surface area contributed by atoms with Crippen LogP contribution in [-0.2, 0) is 7.05 Å². The summed E-state index contributed by atoms with van der Waals surface area (Å²) in [6.07, 6.45) is 5.14. The Balaban J connectivity index is 1.77. The van der Waals surface area contributed by atoms with Crippen molar-refractivity contribution >= 4 is 11.7 Å². The maximum atomic E-state index is 14.5. The molecule has 2 heterocycles. The lowest BCUT2D eigenvalue weighted by molar-refractivity contribution is 0.0947. The van der Waals surface area contributed by atoms with Crippen LogP contribution in [0.1, 0.15) is 28.8 Å². The van der Waals surface area contributed by atoms with Crippen molar-refractivity contribution in [2.45, 2.75) is 25.8 Å². The number of aromatic nitrogens is 4. The number of aryl methyl sites for hydroxylation is 2. The number of carbonyl (C=O) groups is 1. The van der Waals surface area contributed by atoms with E-state index in [0.717, 1.165) is 18.4 Å². The number of aliphatic hydroxyl groups is 1. The summed E-state index contributed by atoms with van der Waals surface area (Å²) < 4.78 is 14.5. The monoisotopic (exact) mass is 410 g/mol. The van der Waals surface area contributed by atoms with Gasteiger partial charge in [0.25, 0.3) is 5.91 Å². The summed E-state index contributed by atoms with van der Waals surface area (Å²) in [5.74, 6) is -0.392. The molecule has 9 heteroatoms. The molecule has 1 amide bonds. The summed E-state index contributed by atoms with van der Waals surface area (Å²) in [4.78, 5) is 18.4. The zero-order chi connectivity index (χ0) is 21.3. The molecule has 3 N–H and O–H groups in total. The van der Waals surface area contributed by atoms with Crippen LogP contribution in [0.3, 0.4) is 0 Å². The average Bonchev–Trinajstić information content (AvgIpc) is 3.43. The molecule has 0 saturated heterocycles. The minimum absolute atomic E-state index is 0.0195. The van der Waals surface area contributed by atoms with Gasteiger partial charge in [0.2, 0.25) is 0 Å². The molecule has 0 radical (unpaired) electrons. The molecule has 4 rings (SSSR count). The molecular formula is C21H23FN6O2. The summed E-state index contributed by atoms with van der Waals surface area (Å²) in [7, 11) is 1.72. The lowest BCUT2D eigenvalue weighted by Crippen LogP contribution is -2.26. The van der Waals surface area contributed by atoms with Crippen LogP contribution in [0.4, 0.5) is 10.2 Å². The highest BCUT2D eigenvalue weighted by atomic mass is 19.1. The molecule has 0 aliphatic heterocycles. The number of benzene rings is 1. The average molecular weight is 410 g/mol. The summed E-state index contributed by atoms with van der Waals surface area (Å²) in [6, 6.07) is 4.96. The molecule has 0 bridgehead atoms. The number of pyridine rings is 1. The van der Waals surface area contributed by atoms with Crippen molar-refractivity contribution in [3.8, 4) is 22.4 Å². The van der Waals surface area contributed by atoms with Gasteiger partial charge < -0.3 is 15.7 Å². The Hall–Kier alpha value is -3.33. The first kappa shape index (κ1) is 20.0. The molecule has 1 aliphatic carbocycles. The number of nitrogens with one attached hydrogen (secondary N) is 2. The Morgan fingerprint density at radius 2 is 2.07 bits per heavy atom. The second-order valence-electron chi connectivity index (χ2n) is 7.38. The first-order chi connectivity index (χ1) is 14.5. The first-order valence-corrected chi connectivity index (χ1v) is 9.79. The van der Waals surface area contributed by atoms with Gasteiger partial charge in [0.15, 0.2) is 0 Å². The van der Waals surface area contributed by atoms with Gasteiger partial charge in [-0.2, -0.15) is 15.0 Å². The van der Waals surface area contributed by atoms with Crippen molar-refractivity contribution in [2.24, 2.45) is 7.05 Å². The van der Waals surface area contributed by atoms with E-state index >= 15 is 0 Å². The number of aliphatic hydroxyl groups excluding tert-OH is 1. The number of amides is 1. The fourth-order valence-corrected chi connectivity index (χ4v) is 3.24. The molecule has 0 atom stereocenters. The molecule has 8 nitrogen and oxygen atoms in total. The zero-order valence-electron chi connectivity index (χ0n) is 16.8. The quantitative estimate of drug-likeness (QED) is 0.552. The third kappa shape index (κ3) is 4.16. The Labute approximate surface area is 173 Å². The van der Waals surface area contributed by atoms with E-state index in [-0.39, 0.29) is 18.2 Å². The molecule has 156 valence electrons. The smallest absolute Gasteiger partial charge is 0.254 e. The number of hydrogen-bond acceptors (Lipinski definition) is 6. The summed E-state index contributed by atoms with van der Waals surface area (Å²) in [5, 5.41) is 23.5. The third-order valence-corrected chi connectivity index (χ3v) is 4.95. The SMILES string of the molecule is Cc1cc(F)c(C(=O)NC2CC2)cc1-c1cnc(NCCO)c(-c2cnn(C)n2)c1. The van der Waals surface area contributed by atoms with Gasteiger partial charge in [0, 0.05) is 37.0 Å². The number of nitrogens with zero attached hydrogens (tertiary/aromatic N) is 4. The number of anilines is 1. The van der Waals surface area contributed by atoms with Crippen LogP contribution in [0.2, 0.25) is 0 Å². The summed E-state index contributed by atoms with van der Waals surface area (Å²) >= 11 is 0. The van der Waals surface area contributed by atoms with Crippen molar-refractivity contribution in [1.29, 1.82) is 0 Å². The second kappa shape index (κ2) is 8.19. The lowest BCUT2D eigenvalue weighted by Gasteiger charge is -2.14. The van der Waals surface area contributed by atoms with Crippen molar-refractivity contribution < 1.29 is 14.3 Å². The first-order valence-electron chi connectivity index (χ1n) is 9.79. The molecule has 1 saturated carbocycles. The normalized spacial score (nSPS) is 13.3. The minimum Gasteiger partial charge on any atom is -0.395 e. The topological polar surface area (TPSA) is 105 Å². The van der Waals surface area contributed by atoms with Crippen molar-refractivity contribution in [2.75, 3.05) is 18.5 Å². The highest BCUT2D eigenvalue weighted by Gasteiger charge is 2.25. The number of halogens is 1. The molecule has 1 fully saturated rings. The molecule has 3 aromatic rings. The third-order valence-electron chi connectivity index (χ3n) is 4.95. The Morgan fingerprint density at radius 1 is 1.27 bits per heavy atom. The van der Waals surface area contributed by atoms with E-state index in [1.807, 2.05) is 6.07 Å². The molecule has 1 aliphatic rings. The maximum Gasteiger partial charge on any atom is 0.254 e. The fraction of sp³-hybridized carbons (Fsp3) is 0.333. The molecule has 2 aromatic heterocycles. The van der Waals surface area contributed by atoms with Crippen LogP contribution < -0.4 is 10.6 Å². The van der Waals surface area contributed by atoms with E-state index < -0.39 is 11.7 Å². The highest BCUT2D eigenvalue weighted by molar-refractivity contribution is 5.96. The van der Waals surface area contributed by atoms with Crippen LogP contribution in [0.15, 0.2) is 30.6 Å². The molecule has 30 heavy (non-hydrogen) atoms. The zero-order valence-corrected chi connectivity index (χ0v) is 16.8. The number of hydrogen-bond donors (Lipinski definition) is 3. The fourth-order valence-electron chi connectivity index (χ4n) is 3.24. The van der Waals surface area contributed by atoms with E-state index in [1.165, 1.54) is 10.9 Å². The van der Waals surface area contributed by atoms with Gasteiger partial charge in [-0.1, -0.05) is 0 Å². The van der Waals surface area contributed by atoms with E-state index in [0.29, 0.717) is 34.7 Å². The molecule has 0 unspecified atom stereocenters. The van der Waals surface area contributed by atoms with Crippen LogP contribution in [-0.4, -0.2) is 50.2 Å². The molecular weight excluding hydrogens is 387 g/mol. The summed E-state index contributed by atoms with van der Waals surface area (Å²) in [5.41, 5.74) is 3.46. The van der Waals surface area contributed by atoms with Crippen LogP contribution in [0.5, 0.6) is 0 Å². The number of carbonyl (C=O) groups excluding carboxylic acids is 1. The highest BCUT2D eigenvalue weighted by Crippen LogP contribution is 2.32. The van der Waals surface area contributed by atoms with Gasteiger partial charge in [0.05, 0.1) is 18.4 Å². The van der Waals surface area contributed by atoms with Gasteiger partial charge >= 0.3 is 0 Å². The Bertz CT molecular complexity index is 1090. The largest absolute Gasteiger partial charge is 0.395 e. The van der Waals surface area contributed by atoms with Gasteiger partial charge in [-0.25, -0.2) is 9.37 Å². The predicted molar refractivity (Wildman–Crippen MR) is 110 cm³/mol. The van der Waals surface area contributed by atoms with E-state index in [4.69, 9.17) is 5.11 Å². The minimum atomic E-state index is -0.544. The van der Waals surface area contributed by atoms with Gasteiger partial charge in [0.1, 0.15) is 17.3 Å². The van der Waals surface area contributed by atoms with E-state index in [2.05, 4.69) is 25.8 Å². The van der Waals surface area contributed by atoms with Crippen molar-refractivity contribution in [3.05, 3.63) is 47.5 Å². The molecule has 1 aromatic carbocycles. The maximum absolute atomic E-state index is 14.5. The lowest BCUT2D eigenvalue weighted by atomic mass is 9.97. The van der Waals surface area contributed by atoms with Crippen LogP contribution >= 0.6 is 0 Å². The van der Waals surface area contributed by atoms with E-state index in [9.17, 15) is 9.18 Å². The number of rotatable bonds is 7. The molecule has 0 spiro atoms. The predicted octanol–water partition coefficient (Wildman–Crippen LogP) is 2.29. The van der Waals surface area contributed by atoms with Crippen molar-refractivity contribution in [1.82, 2.24) is 25.3 Å². The van der Waals surface area contributed by atoms with Gasteiger partial charge in [-0.05, 0) is 49.1 Å². The summed E-state index contributed by atoms with van der Waals surface area (Å²) in [6.45, 7) is 2.08.